The van der Waals surface area contributed by atoms with Gasteiger partial charge in [-0.3, -0.25) is 9.78 Å². The van der Waals surface area contributed by atoms with E-state index in [9.17, 15) is 4.79 Å². The third-order valence-electron chi connectivity index (χ3n) is 2.55. The van der Waals surface area contributed by atoms with Gasteiger partial charge in [0.05, 0.1) is 30.9 Å². The lowest BCUT2D eigenvalue weighted by Gasteiger charge is -2.11. The van der Waals surface area contributed by atoms with Crippen molar-refractivity contribution in [2.75, 3.05) is 20.0 Å². The Balaban J connectivity index is 2.55. The molecule has 0 atom stereocenters. The highest BCUT2D eigenvalue weighted by molar-refractivity contribution is 8.00. The number of carboxylic acid groups (broad SMARTS) is 1. The lowest BCUT2D eigenvalue weighted by Crippen LogP contribution is -1.98. The molecule has 0 aliphatic carbocycles. The second kappa shape index (κ2) is 5.79. The van der Waals surface area contributed by atoms with Crippen molar-refractivity contribution in [1.82, 2.24) is 4.98 Å². The maximum absolute atomic E-state index is 10.7. The predicted octanol–water partition coefficient (Wildman–Crippen LogP) is 2.43. The van der Waals surface area contributed by atoms with Crippen LogP contribution in [0.5, 0.6) is 11.5 Å². The van der Waals surface area contributed by atoms with Crippen molar-refractivity contribution in [3.05, 3.63) is 24.4 Å². The molecule has 0 amide bonds. The Morgan fingerprint density at radius 3 is 2.79 bits per heavy atom. The van der Waals surface area contributed by atoms with Gasteiger partial charge in [0.25, 0.3) is 0 Å². The summed E-state index contributed by atoms with van der Waals surface area (Å²) in [6.07, 6.45) is 1.64. The molecule has 19 heavy (non-hydrogen) atoms. The van der Waals surface area contributed by atoms with E-state index in [1.54, 1.807) is 38.6 Å². The number of carboxylic acids is 1. The van der Waals surface area contributed by atoms with Gasteiger partial charge in [-0.2, -0.15) is 0 Å². The molecule has 0 aliphatic heterocycles. The number of ether oxygens (including phenoxy) is 2. The quantitative estimate of drug-likeness (QED) is 0.848. The van der Waals surface area contributed by atoms with Crippen molar-refractivity contribution in [3.63, 3.8) is 0 Å². The first-order chi connectivity index (χ1) is 9.15. The number of fused-ring (bicyclic) bond motifs is 1. The maximum atomic E-state index is 10.7. The summed E-state index contributed by atoms with van der Waals surface area (Å²) in [7, 11) is 3.14. The summed E-state index contributed by atoms with van der Waals surface area (Å²) in [5, 5.41) is 9.57. The molecule has 0 aliphatic rings. The minimum atomic E-state index is -0.859. The van der Waals surface area contributed by atoms with Gasteiger partial charge in [-0.1, -0.05) is 0 Å². The predicted molar refractivity (Wildman–Crippen MR) is 73.2 cm³/mol. The SMILES string of the molecule is COc1cc(OC)c2c(SCC(=O)O)ccnc2c1. The zero-order chi connectivity index (χ0) is 13.8. The van der Waals surface area contributed by atoms with Crippen LogP contribution in [0.25, 0.3) is 10.9 Å². The van der Waals surface area contributed by atoms with E-state index in [1.807, 2.05) is 0 Å². The van der Waals surface area contributed by atoms with E-state index in [2.05, 4.69) is 4.98 Å². The van der Waals surface area contributed by atoms with Gasteiger partial charge in [-0.05, 0) is 6.07 Å². The summed E-state index contributed by atoms with van der Waals surface area (Å²) in [5.41, 5.74) is 0.714. The molecule has 1 heterocycles. The number of rotatable bonds is 5. The first kappa shape index (κ1) is 13.5. The molecule has 2 rings (SSSR count). The average Bonchev–Trinajstić information content (AvgIpc) is 2.43. The molecule has 0 saturated carbocycles. The molecule has 0 fully saturated rings. The molecule has 0 saturated heterocycles. The van der Waals surface area contributed by atoms with Crippen LogP contribution in [0.4, 0.5) is 0 Å². The van der Waals surface area contributed by atoms with Gasteiger partial charge < -0.3 is 14.6 Å². The van der Waals surface area contributed by atoms with E-state index in [-0.39, 0.29) is 5.75 Å². The number of nitrogens with zero attached hydrogens (tertiary/aromatic N) is 1. The highest BCUT2D eigenvalue weighted by Gasteiger charge is 2.12. The lowest BCUT2D eigenvalue weighted by atomic mass is 10.2. The molecular formula is C13H13NO4S. The number of carbonyl (C=O) groups is 1. The lowest BCUT2D eigenvalue weighted by molar-refractivity contribution is -0.133. The third kappa shape index (κ3) is 2.90. The van der Waals surface area contributed by atoms with E-state index < -0.39 is 5.97 Å². The van der Waals surface area contributed by atoms with E-state index in [1.165, 1.54) is 11.8 Å². The summed E-state index contributed by atoms with van der Waals surface area (Å²) < 4.78 is 10.5. The van der Waals surface area contributed by atoms with E-state index in [4.69, 9.17) is 14.6 Å². The van der Waals surface area contributed by atoms with Crippen LogP contribution in [0.3, 0.4) is 0 Å². The van der Waals surface area contributed by atoms with Gasteiger partial charge in [-0.25, -0.2) is 0 Å². The van der Waals surface area contributed by atoms with Crippen LogP contribution < -0.4 is 9.47 Å². The molecule has 0 bridgehead atoms. The van der Waals surface area contributed by atoms with Gasteiger partial charge in [0.1, 0.15) is 11.5 Å². The second-order valence-electron chi connectivity index (χ2n) is 3.72. The first-order valence-corrected chi connectivity index (χ1v) is 6.49. The molecule has 0 unspecified atom stereocenters. The maximum Gasteiger partial charge on any atom is 0.313 e. The highest BCUT2D eigenvalue weighted by atomic mass is 32.2. The van der Waals surface area contributed by atoms with Crippen LogP contribution in [-0.2, 0) is 4.79 Å². The summed E-state index contributed by atoms with van der Waals surface area (Å²) >= 11 is 1.24. The van der Waals surface area contributed by atoms with E-state index >= 15 is 0 Å². The Morgan fingerprint density at radius 1 is 1.37 bits per heavy atom. The third-order valence-corrected chi connectivity index (χ3v) is 3.59. The first-order valence-electron chi connectivity index (χ1n) is 5.51. The molecule has 0 spiro atoms. The van der Waals surface area contributed by atoms with Crippen LogP contribution in [0, 0.1) is 0 Å². The van der Waals surface area contributed by atoms with Crippen molar-refractivity contribution in [2.45, 2.75) is 4.90 Å². The number of thioether (sulfide) groups is 1. The molecule has 0 radical (unpaired) electrons. The fourth-order valence-electron chi connectivity index (χ4n) is 1.73. The molecule has 5 nitrogen and oxygen atoms in total. The van der Waals surface area contributed by atoms with Crippen molar-refractivity contribution < 1.29 is 19.4 Å². The van der Waals surface area contributed by atoms with Crippen molar-refractivity contribution in [1.29, 1.82) is 0 Å². The van der Waals surface area contributed by atoms with Crippen molar-refractivity contribution >= 4 is 28.6 Å². The molecule has 1 aromatic heterocycles. The summed E-state index contributed by atoms with van der Waals surface area (Å²) in [6, 6.07) is 5.34. The smallest absolute Gasteiger partial charge is 0.313 e. The Bertz CT molecular complexity index is 615. The van der Waals surface area contributed by atoms with Crippen molar-refractivity contribution in [3.8, 4) is 11.5 Å². The van der Waals surface area contributed by atoms with Gasteiger partial charge >= 0.3 is 5.97 Å². The minimum Gasteiger partial charge on any atom is -0.497 e. The average molecular weight is 279 g/mol. The van der Waals surface area contributed by atoms with Crippen LogP contribution in [0.15, 0.2) is 29.3 Å². The molecule has 6 heteroatoms. The van der Waals surface area contributed by atoms with Crippen molar-refractivity contribution in [2.24, 2.45) is 0 Å². The van der Waals surface area contributed by atoms with E-state index in [0.29, 0.717) is 17.0 Å². The van der Waals surface area contributed by atoms with Crippen LogP contribution in [0.2, 0.25) is 0 Å². The summed E-state index contributed by atoms with van der Waals surface area (Å²) in [4.78, 5) is 15.8. The van der Waals surface area contributed by atoms with Crippen LogP contribution in [-0.4, -0.2) is 36.0 Å². The number of hydrogen-bond acceptors (Lipinski definition) is 5. The zero-order valence-electron chi connectivity index (χ0n) is 10.5. The molecule has 1 N–H and O–H groups in total. The number of methoxy groups -OCH3 is 2. The second-order valence-corrected chi connectivity index (χ2v) is 4.73. The zero-order valence-corrected chi connectivity index (χ0v) is 11.4. The van der Waals surface area contributed by atoms with E-state index in [0.717, 1.165) is 10.3 Å². The van der Waals surface area contributed by atoms with Gasteiger partial charge in [0.2, 0.25) is 0 Å². The monoisotopic (exact) mass is 279 g/mol. The number of benzene rings is 1. The van der Waals surface area contributed by atoms with Gasteiger partial charge in [0.15, 0.2) is 0 Å². The summed E-state index contributed by atoms with van der Waals surface area (Å²) in [6.45, 7) is 0. The van der Waals surface area contributed by atoms with Gasteiger partial charge in [0, 0.05) is 23.2 Å². The summed E-state index contributed by atoms with van der Waals surface area (Å²) in [5.74, 6) is 0.406. The Hall–Kier alpha value is -1.95. The molecular weight excluding hydrogens is 266 g/mol. The molecule has 1 aromatic carbocycles. The number of aromatic nitrogens is 1. The van der Waals surface area contributed by atoms with Crippen LogP contribution >= 0.6 is 11.8 Å². The number of pyridine rings is 1. The Kier molecular flexibility index (Phi) is 4.11. The minimum absolute atomic E-state index is 0.00566. The molecule has 2 aromatic rings. The topological polar surface area (TPSA) is 68.7 Å². The number of hydrogen-bond donors (Lipinski definition) is 1. The number of aliphatic carboxylic acids is 1. The Labute approximate surface area is 114 Å². The van der Waals surface area contributed by atoms with Gasteiger partial charge in [-0.15, -0.1) is 11.8 Å². The standard InChI is InChI=1S/C13H13NO4S/c1-17-8-5-9-13(10(6-8)18-2)11(3-4-14-9)19-7-12(15)16/h3-6H,7H2,1-2H3,(H,15,16). The Morgan fingerprint density at radius 2 is 2.16 bits per heavy atom. The fraction of sp³-hybridized carbons (Fsp3) is 0.231. The highest BCUT2D eigenvalue weighted by Crippen LogP contribution is 2.36. The fourth-order valence-corrected chi connectivity index (χ4v) is 2.52. The molecule has 100 valence electrons. The van der Waals surface area contributed by atoms with Crippen LogP contribution in [0.1, 0.15) is 0 Å². The normalized spacial score (nSPS) is 10.4. The largest absolute Gasteiger partial charge is 0.497 e.